The van der Waals surface area contributed by atoms with Crippen LogP contribution in [-0.4, -0.2) is 30.0 Å². The van der Waals surface area contributed by atoms with Gasteiger partial charge in [0.15, 0.2) is 6.61 Å². The first-order valence-electron chi connectivity index (χ1n) is 5.60. The number of ether oxygens (including phenoxy) is 1. The number of rotatable bonds is 6. The molecule has 0 radical (unpaired) electrons. The zero-order chi connectivity index (χ0) is 16.0. The van der Waals surface area contributed by atoms with Crippen LogP contribution in [0.2, 0.25) is 5.02 Å². The summed E-state index contributed by atoms with van der Waals surface area (Å²) in [5.74, 6) is -1.47. The monoisotopic (exact) mass is 325 g/mol. The number of nitrogens with one attached hydrogen (secondary N) is 1. The summed E-state index contributed by atoms with van der Waals surface area (Å²) in [6.07, 6.45) is -4.04. The lowest BCUT2D eigenvalue weighted by Gasteiger charge is -2.10. The van der Waals surface area contributed by atoms with Crippen molar-refractivity contribution < 1.29 is 27.5 Å². The predicted octanol–water partition coefficient (Wildman–Crippen LogP) is 1.58. The third-order valence-electron chi connectivity index (χ3n) is 2.17. The van der Waals surface area contributed by atoms with Crippen molar-refractivity contribution >= 4 is 29.3 Å². The van der Waals surface area contributed by atoms with Gasteiger partial charge in [-0.1, -0.05) is 11.6 Å². The Balaban J connectivity index is 2.49. The van der Waals surface area contributed by atoms with E-state index in [0.717, 1.165) is 6.07 Å². The number of nitrogens with zero attached hydrogens (tertiary/aromatic N) is 1. The van der Waals surface area contributed by atoms with Crippen LogP contribution < -0.4 is 11.1 Å². The number of carbonyl (C=O) groups excluding carboxylic acids is 2. The van der Waals surface area contributed by atoms with Crippen molar-refractivity contribution in [2.24, 2.45) is 5.73 Å². The second-order valence-electron chi connectivity index (χ2n) is 3.86. The first kappa shape index (κ1) is 17.0. The summed E-state index contributed by atoms with van der Waals surface area (Å²) in [5.41, 5.74) is 3.81. The summed E-state index contributed by atoms with van der Waals surface area (Å²) in [5, 5.41) is 2.36. The quantitative estimate of drug-likeness (QED) is 0.774. The van der Waals surface area contributed by atoms with E-state index < -0.39 is 30.2 Å². The molecule has 0 saturated carbocycles. The minimum atomic E-state index is -4.53. The summed E-state index contributed by atoms with van der Waals surface area (Å²) >= 11 is 5.65. The van der Waals surface area contributed by atoms with Gasteiger partial charge < -0.3 is 15.8 Å². The Labute approximate surface area is 122 Å². The number of pyridine rings is 1. The molecule has 1 rings (SSSR count). The van der Waals surface area contributed by atoms with E-state index >= 15 is 0 Å². The molecule has 0 bridgehead atoms. The second-order valence-corrected chi connectivity index (χ2v) is 4.26. The van der Waals surface area contributed by atoms with Gasteiger partial charge in [-0.15, -0.1) is 0 Å². The minimum absolute atomic E-state index is 0.00682. The highest BCUT2D eigenvalue weighted by atomic mass is 35.5. The van der Waals surface area contributed by atoms with Crippen molar-refractivity contribution in [1.82, 2.24) is 4.98 Å². The number of esters is 1. The summed E-state index contributed by atoms with van der Waals surface area (Å²) in [6.45, 7) is -0.506. The Morgan fingerprint density at radius 3 is 2.62 bits per heavy atom. The number of anilines is 1. The van der Waals surface area contributed by atoms with Gasteiger partial charge in [-0.05, 0) is 6.07 Å². The topological polar surface area (TPSA) is 94.3 Å². The Bertz CT molecular complexity index is 537. The van der Waals surface area contributed by atoms with Gasteiger partial charge in [-0.25, -0.2) is 4.98 Å². The van der Waals surface area contributed by atoms with Crippen molar-refractivity contribution in [3.8, 4) is 0 Å². The molecule has 0 saturated heterocycles. The largest absolute Gasteiger partial charge is 0.456 e. The third kappa shape index (κ3) is 5.86. The number of primary amides is 1. The molecule has 1 heterocycles. The molecule has 10 heteroatoms. The highest BCUT2D eigenvalue weighted by Crippen LogP contribution is 2.32. The first-order valence-corrected chi connectivity index (χ1v) is 5.98. The minimum Gasteiger partial charge on any atom is -0.456 e. The van der Waals surface area contributed by atoms with Crippen molar-refractivity contribution in [3.63, 3.8) is 0 Å². The van der Waals surface area contributed by atoms with Crippen molar-refractivity contribution in [1.29, 1.82) is 0 Å². The number of amides is 1. The number of hydrogen-bond acceptors (Lipinski definition) is 5. The van der Waals surface area contributed by atoms with E-state index in [2.05, 4.69) is 15.0 Å². The lowest BCUT2D eigenvalue weighted by molar-refractivity contribution is -0.147. The highest BCUT2D eigenvalue weighted by Gasteiger charge is 2.31. The fraction of sp³-hybridized carbons (Fsp3) is 0.364. The van der Waals surface area contributed by atoms with E-state index in [1.54, 1.807) is 0 Å². The maximum atomic E-state index is 12.4. The van der Waals surface area contributed by atoms with Crippen LogP contribution in [0.25, 0.3) is 0 Å². The maximum absolute atomic E-state index is 12.4. The zero-order valence-corrected chi connectivity index (χ0v) is 11.3. The Kier molecular flexibility index (Phi) is 5.77. The van der Waals surface area contributed by atoms with Crippen LogP contribution in [0.1, 0.15) is 12.0 Å². The second kappa shape index (κ2) is 7.11. The van der Waals surface area contributed by atoms with Crippen molar-refractivity contribution in [3.05, 3.63) is 22.8 Å². The van der Waals surface area contributed by atoms with Crippen LogP contribution >= 0.6 is 11.6 Å². The normalized spacial score (nSPS) is 11.0. The highest BCUT2D eigenvalue weighted by molar-refractivity contribution is 6.32. The van der Waals surface area contributed by atoms with Crippen LogP contribution in [0, 0.1) is 0 Å². The van der Waals surface area contributed by atoms with Crippen LogP contribution in [0.5, 0.6) is 0 Å². The first-order chi connectivity index (χ1) is 9.70. The summed E-state index contributed by atoms with van der Waals surface area (Å²) in [4.78, 5) is 25.0. The molecule has 1 aromatic heterocycles. The van der Waals surface area contributed by atoms with Crippen LogP contribution in [-0.2, 0) is 20.5 Å². The Hall–Kier alpha value is -2.03. The zero-order valence-electron chi connectivity index (χ0n) is 10.5. The number of nitrogens with two attached hydrogens (primary N) is 1. The van der Waals surface area contributed by atoms with E-state index in [-0.39, 0.29) is 23.8 Å². The molecule has 21 heavy (non-hydrogen) atoms. The van der Waals surface area contributed by atoms with Gasteiger partial charge in [0.05, 0.1) is 17.0 Å². The molecule has 0 atom stereocenters. The van der Waals surface area contributed by atoms with Gasteiger partial charge in [-0.2, -0.15) is 13.2 Å². The van der Waals surface area contributed by atoms with Gasteiger partial charge in [0, 0.05) is 12.7 Å². The van der Waals surface area contributed by atoms with E-state index in [0.29, 0.717) is 6.20 Å². The van der Waals surface area contributed by atoms with Crippen molar-refractivity contribution in [2.45, 2.75) is 12.6 Å². The van der Waals surface area contributed by atoms with Gasteiger partial charge in [0.1, 0.15) is 5.82 Å². The van der Waals surface area contributed by atoms with Gasteiger partial charge in [0.25, 0.3) is 5.91 Å². The molecule has 0 aliphatic carbocycles. The summed E-state index contributed by atoms with van der Waals surface area (Å²) < 4.78 is 41.6. The SMILES string of the molecule is NC(=O)COC(=O)CCNc1ncc(C(F)(F)F)cc1Cl. The maximum Gasteiger partial charge on any atom is 0.417 e. The fourth-order valence-corrected chi connectivity index (χ4v) is 1.46. The molecule has 116 valence electrons. The molecule has 1 aromatic rings. The number of hydrogen-bond donors (Lipinski definition) is 2. The summed E-state index contributed by atoms with van der Waals surface area (Å²) in [7, 11) is 0. The van der Waals surface area contributed by atoms with E-state index in [1.807, 2.05) is 0 Å². The number of halogens is 4. The van der Waals surface area contributed by atoms with Gasteiger partial charge in [0.2, 0.25) is 0 Å². The van der Waals surface area contributed by atoms with Crippen LogP contribution in [0.3, 0.4) is 0 Å². The van der Waals surface area contributed by atoms with Crippen molar-refractivity contribution in [2.75, 3.05) is 18.5 Å². The number of carbonyl (C=O) groups is 2. The number of aromatic nitrogens is 1. The van der Waals surface area contributed by atoms with E-state index in [1.165, 1.54) is 0 Å². The molecular formula is C11H11ClF3N3O3. The van der Waals surface area contributed by atoms with Gasteiger partial charge in [-0.3, -0.25) is 9.59 Å². The third-order valence-corrected chi connectivity index (χ3v) is 2.45. The standard InChI is InChI=1S/C11H11ClF3N3O3/c12-7-3-6(11(13,14)15)4-18-10(7)17-2-1-9(20)21-5-8(16)19/h3-4H,1-2,5H2,(H2,16,19)(H,17,18). The lowest BCUT2D eigenvalue weighted by atomic mass is 10.3. The molecular weight excluding hydrogens is 315 g/mol. The molecule has 0 aliphatic heterocycles. The molecule has 0 aromatic carbocycles. The van der Waals surface area contributed by atoms with E-state index in [4.69, 9.17) is 17.3 Å². The molecule has 0 aliphatic rings. The average Bonchev–Trinajstić information content (AvgIpc) is 2.37. The Morgan fingerprint density at radius 1 is 1.43 bits per heavy atom. The molecule has 0 spiro atoms. The molecule has 1 amide bonds. The predicted molar refractivity (Wildman–Crippen MR) is 67.5 cm³/mol. The van der Waals surface area contributed by atoms with E-state index in [9.17, 15) is 22.8 Å². The molecule has 3 N–H and O–H groups in total. The molecule has 6 nitrogen and oxygen atoms in total. The molecule has 0 unspecified atom stereocenters. The Morgan fingerprint density at radius 2 is 2.10 bits per heavy atom. The smallest absolute Gasteiger partial charge is 0.417 e. The van der Waals surface area contributed by atoms with Gasteiger partial charge >= 0.3 is 12.1 Å². The number of alkyl halides is 3. The molecule has 0 fully saturated rings. The fourth-order valence-electron chi connectivity index (χ4n) is 1.23. The lowest BCUT2D eigenvalue weighted by Crippen LogP contribution is -2.22. The summed E-state index contributed by atoms with van der Waals surface area (Å²) in [6, 6.07) is 0.725. The van der Waals surface area contributed by atoms with Crippen LogP contribution in [0.4, 0.5) is 19.0 Å². The van der Waals surface area contributed by atoms with Crippen LogP contribution in [0.15, 0.2) is 12.3 Å². The average molecular weight is 326 g/mol.